The lowest BCUT2D eigenvalue weighted by molar-refractivity contribution is 0.570. The zero-order chi connectivity index (χ0) is 20.0. The molecule has 3 rings (SSSR count). The SMILES string of the molecule is CCNC(=NCc1ccnc2ccccc12)NCCc1nc(C(C)(C)C)cs1. The number of nitrogens with zero attached hydrogens (tertiary/aromatic N) is 3. The van der Waals surface area contributed by atoms with Gasteiger partial charge in [0.25, 0.3) is 0 Å². The number of nitrogens with one attached hydrogen (secondary N) is 2. The summed E-state index contributed by atoms with van der Waals surface area (Å²) in [6.07, 6.45) is 2.74. The van der Waals surface area contributed by atoms with Crippen LogP contribution in [0.25, 0.3) is 10.9 Å². The maximum absolute atomic E-state index is 4.76. The van der Waals surface area contributed by atoms with Crippen LogP contribution >= 0.6 is 11.3 Å². The van der Waals surface area contributed by atoms with E-state index in [2.05, 4.69) is 54.8 Å². The number of aliphatic imine (C=N–C) groups is 1. The minimum Gasteiger partial charge on any atom is -0.357 e. The van der Waals surface area contributed by atoms with Gasteiger partial charge in [-0.2, -0.15) is 0 Å². The van der Waals surface area contributed by atoms with Gasteiger partial charge in [-0.15, -0.1) is 11.3 Å². The third kappa shape index (κ3) is 5.29. The zero-order valence-corrected chi connectivity index (χ0v) is 17.9. The Hall–Kier alpha value is -2.47. The predicted molar refractivity (Wildman–Crippen MR) is 119 cm³/mol. The molecular weight excluding hydrogens is 366 g/mol. The van der Waals surface area contributed by atoms with E-state index in [4.69, 9.17) is 9.98 Å². The molecule has 2 aromatic heterocycles. The molecule has 0 saturated heterocycles. The van der Waals surface area contributed by atoms with Crippen molar-refractivity contribution < 1.29 is 0 Å². The van der Waals surface area contributed by atoms with Crippen molar-refractivity contribution in [3.05, 3.63) is 58.2 Å². The Labute approximate surface area is 171 Å². The molecule has 0 spiro atoms. The van der Waals surface area contributed by atoms with Gasteiger partial charge in [-0.1, -0.05) is 39.0 Å². The van der Waals surface area contributed by atoms with Gasteiger partial charge in [0.05, 0.1) is 22.8 Å². The Morgan fingerprint density at radius 2 is 1.96 bits per heavy atom. The first-order valence-electron chi connectivity index (χ1n) is 9.77. The van der Waals surface area contributed by atoms with Gasteiger partial charge < -0.3 is 10.6 Å². The van der Waals surface area contributed by atoms with Crippen LogP contribution in [0.3, 0.4) is 0 Å². The Bertz CT molecular complexity index is 934. The molecule has 0 radical (unpaired) electrons. The fourth-order valence-corrected chi connectivity index (χ4v) is 3.88. The van der Waals surface area contributed by atoms with Crippen LogP contribution < -0.4 is 10.6 Å². The molecule has 0 fully saturated rings. The highest BCUT2D eigenvalue weighted by Crippen LogP contribution is 2.24. The van der Waals surface area contributed by atoms with Gasteiger partial charge in [0.1, 0.15) is 0 Å². The van der Waals surface area contributed by atoms with Crippen LogP contribution in [0.5, 0.6) is 0 Å². The molecule has 6 heteroatoms. The third-order valence-corrected chi connectivity index (χ3v) is 5.35. The van der Waals surface area contributed by atoms with Gasteiger partial charge in [-0.05, 0) is 24.6 Å². The largest absolute Gasteiger partial charge is 0.357 e. The number of guanidine groups is 1. The second-order valence-electron chi connectivity index (χ2n) is 7.74. The molecule has 0 bridgehead atoms. The van der Waals surface area contributed by atoms with E-state index in [1.54, 1.807) is 11.3 Å². The van der Waals surface area contributed by atoms with Crippen molar-refractivity contribution in [3.8, 4) is 0 Å². The number of aromatic nitrogens is 2. The number of benzene rings is 1. The van der Waals surface area contributed by atoms with Crippen LogP contribution in [0, 0.1) is 0 Å². The summed E-state index contributed by atoms with van der Waals surface area (Å²) in [6.45, 7) is 10.9. The molecule has 0 aliphatic heterocycles. The number of thiazole rings is 1. The molecule has 5 nitrogen and oxygen atoms in total. The van der Waals surface area contributed by atoms with Crippen molar-refractivity contribution in [2.24, 2.45) is 4.99 Å². The standard InChI is InChI=1S/C22H29N5S/c1-5-23-21(25-13-11-20-27-19(15-28-20)22(2,3)4)26-14-16-10-12-24-18-9-7-6-8-17(16)18/h6-10,12,15H,5,11,13-14H2,1-4H3,(H2,23,25,26). The summed E-state index contributed by atoms with van der Waals surface area (Å²) in [7, 11) is 0. The van der Waals surface area contributed by atoms with Gasteiger partial charge in [-0.3, -0.25) is 4.98 Å². The van der Waals surface area contributed by atoms with Gasteiger partial charge in [0.2, 0.25) is 0 Å². The monoisotopic (exact) mass is 395 g/mol. The zero-order valence-electron chi connectivity index (χ0n) is 17.1. The highest BCUT2D eigenvalue weighted by atomic mass is 32.1. The quantitative estimate of drug-likeness (QED) is 0.483. The molecular formula is C22H29N5S. The molecule has 0 saturated carbocycles. The Kier molecular flexibility index (Phi) is 6.62. The van der Waals surface area contributed by atoms with Gasteiger partial charge >= 0.3 is 0 Å². The summed E-state index contributed by atoms with van der Waals surface area (Å²) in [5, 5.41) is 11.2. The molecule has 0 atom stereocenters. The van der Waals surface area contributed by atoms with E-state index >= 15 is 0 Å². The van der Waals surface area contributed by atoms with Crippen molar-refractivity contribution in [2.75, 3.05) is 13.1 Å². The molecule has 0 amide bonds. The molecule has 28 heavy (non-hydrogen) atoms. The molecule has 3 aromatic rings. The molecule has 2 N–H and O–H groups in total. The minimum absolute atomic E-state index is 0.103. The van der Waals surface area contributed by atoms with Gasteiger partial charge in [0.15, 0.2) is 5.96 Å². The smallest absolute Gasteiger partial charge is 0.191 e. The Morgan fingerprint density at radius 1 is 1.14 bits per heavy atom. The van der Waals surface area contributed by atoms with Gasteiger partial charge in [-0.25, -0.2) is 9.98 Å². The second kappa shape index (κ2) is 9.15. The van der Waals surface area contributed by atoms with Crippen molar-refractivity contribution in [1.82, 2.24) is 20.6 Å². The van der Waals surface area contributed by atoms with Crippen LogP contribution in [0.15, 0.2) is 46.9 Å². The lowest BCUT2D eigenvalue weighted by atomic mass is 9.93. The Balaban J connectivity index is 1.62. The van der Waals surface area contributed by atoms with Crippen LogP contribution in [0.4, 0.5) is 0 Å². The molecule has 2 heterocycles. The van der Waals surface area contributed by atoms with E-state index in [0.29, 0.717) is 6.54 Å². The van der Waals surface area contributed by atoms with E-state index < -0.39 is 0 Å². The van der Waals surface area contributed by atoms with E-state index in [1.165, 1.54) is 5.56 Å². The molecule has 148 valence electrons. The maximum Gasteiger partial charge on any atom is 0.191 e. The number of para-hydroxylation sites is 1. The molecule has 0 aliphatic carbocycles. The number of hydrogen-bond donors (Lipinski definition) is 2. The predicted octanol–water partition coefficient (Wildman–Crippen LogP) is 4.29. The van der Waals surface area contributed by atoms with Crippen LogP contribution in [0.2, 0.25) is 0 Å². The number of hydrogen-bond acceptors (Lipinski definition) is 4. The third-order valence-electron chi connectivity index (χ3n) is 4.44. The maximum atomic E-state index is 4.76. The molecule has 0 unspecified atom stereocenters. The average molecular weight is 396 g/mol. The fraction of sp³-hybridized carbons (Fsp3) is 0.409. The molecule has 1 aromatic carbocycles. The summed E-state index contributed by atoms with van der Waals surface area (Å²) in [4.78, 5) is 13.9. The summed E-state index contributed by atoms with van der Waals surface area (Å²) < 4.78 is 0. The van der Waals surface area contributed by atoms with Crippen LogP contribution in [-0.4, -0.2) is 29.0 Å². The van der Waals surface area contributed by atoms with E-state index in [1.807, 2.05) is 30.5 Å². The van der Waals surface area contributed by atoms with Crippen molar-refractivity contribution in [2.45, 2.75) is 46.1 Å². The fourth-order valence-electron chi connectivity index (χ4n) is 2.86. The topological polar surface area (TPSA) is 62.2 Å². The average Bonchev–Trinajstić information content (AvgIpc) is 3.15. The summed E-state index contributed by atoms with van der Waals surface area (Å²) in [5.41, 5.74) is 3.45. The number of pyridine rings is 1. The van der Waals surface area contributed by atoms with Crippen LogP contribution in [0.1, 0.15) is 44.0 Å². The lowest BCUT2D eigenvalue weighted by Crippen LogP contribution is -2.38. The van der Waals surface area contributed by atoms with Crippen molar-refractivity contribution in [3.63, 3.8) is 0 Å². The van der Waals surface area contributed by atoms with E-state index in [9.17, 15) is 0 Å². The highest BCUT2D eigenvalue weighted by molar-refractivity contribution is 7.09. The second-order valence-corrected chi connectivity index (χ2v) is 8.68. The summed E-state index contributed by atoms with van der Waals surface area (Å²) in [6, 6.07) is 10.2. The number of rotatable bonds is 6. The first-order chi connectivity index (χ1) is 13.5. The summed E-state index contributed by atoms with van der Waals surface area (Å²) >= 11 is 1.73. The minimum atomic E-state index is 0.103. The normalized spacial score (nSPS) is 12.4. The van der Waals surface area contributed by atoms with Crippen molar-refractivity contribution in [1.29, 1.82) is 0 Å². The van der Waals surface area contributed by atoms with Crippen molar-refractivity contribution >= 4 is 28.2 Å². The first-order valence-corrected chi connectivity index (χ1v) is 10.6. The van der Waals surface area contributed by atoms with Gasteiger partial charge in [0, 0.05) is 41.9 Å². The van der Waals surface area contributed by atoms with E-state index in [-0.39, 0.29) is 5.41 Å². The Morgan fingerprint density at radius 3 is 2.71 bits per heavy atom. The van der Waals surface area contributed by atoms with E-state index in [0.717, 1.165) is 47.1 Å². The van der Waals surface area contributed by atoms with Crippen LogP contribution in [-0.2, 0) is 18.4 Å². The first kappa shape index (κ1) is 20.3. The highest BCUT2D eigenvalue weighted by Gasteiger charge is 2.17. The summed E-state index contributed by atoms with van der Waals surface area (Å²) in [5.74, 6) is 0.830. The lowest BCUT2D eigenvalue weighted by Gasteiger charge is -2.14. The number of fused-ring (bicyclic) bond motifs is 1. The molecule has 0 aliphatic rings.